The molecule has 2 rings (SSSR count). The first kappa shape index (κ1) is 15.6. The number of methoxy groups -OCH3 is 1. The predicted molar refractivity (Wildman–Crippen MR) is 87.1 cm³/mol. The lowest BCUT2D eigenvalue weighted by Gasteiger charge is -2.18. The Morgan fingerprint density at radius 2 is 1.67 bits per heavy atom. The van der Waals surface area contributed by atoms with Gasteiger partial charge in [-0.3, -0.25) is 0 Å². The smallest absolute Gasteiger partial charge is 0.122 e. The van der Waals surface area contributed by atoms with Crippen LogP contribution in [0.25, 0.3) is 0 Å². The van der Waals surface area contributed by atoms with Gasteiger partial charge >= 0.3 is 0 Å². The van der Waals surface area contributed by atoms with Crippen molar-refractivity contribution in [2.24, 2.45) is 0 Å². The van der Waals surface area contributed by atoms with Gasteiger partial charge in [0.2, 0.25) is 0 Å². The molecule has 0 heterocycles. The Labute approximate surface area is 127 Å². The third-order valence-electron chi connectivity index (χ3n) is 3.93. The maximum absolute atomic E-state index is 9.75. The van der Waals surface area contributed by atoms with E-state index in [1.807, 2.05) is 24.3 Å². The summed E-state index contributed by atoms with van der Waals surface area (Å²) >= 11 is 0. The Morgan fingerprint density at radius 1 is 1.00 bits per heavy atom. The molecule has 0 bridgehead atoms. The Balaban J connectivity index is 2.19. The van der Waals surface area contributed by atoms with E-state index in [1.54, 1.807) is 7.11 Å². The fourth-order valence-corrected chi connectivity index (χ4v) is 2.60. The van der Waals surface area contributed by atoms with Gasteiger partial charge in [0, 0.05) is 5.92 Å². The zero-order chi connectivity index (χ0) is 15.2. The Kier molecular flexibility index (Phi) is 5.40. The molecule has 0 aliphatic carbocycles. The van der Waals surface area contributed by atoms with Gasteiger partial charge < -0.3 is 9.84 Å². The maximum Gasteiger partial charge on any atom is 0.122 e. The zero-order valence-corrected chi connectivity index (χ0v) is 13.0. The van der Waals surface area contributed by atoms with E-state index >= 15 is 0 Å². The SMILES string of the molecule is COc1ccccc1C(CO)Cc1ccc(C(C)C)cc1. The van der Waals surface area contributed by atoms with Crippen LogP contribution >= 0.6 is 0 Å². The summed E-state index contributed by atoms with van der Waals surface area (Å²) in [4.78, 5) is 0. The predicted octanol–water partition coefficient (Wildman–Crippen LogP) is 4.14. The molecule has 1 N–H and O–H groups in total. The van der Waals surface area contributed by atoms with E-state index in [2.05, 4.69) is 38.1 Å². The molecule has 2 nitrogen and oxygen atoms in total. The Bertz CT molecular complexity index is 558. The van der Waals surface area contributed by atoms with E-state index in [4.69, 9.17) is 4.74 Å². The van der Waals surface area contributed by atoms with Crippen LogP contribution in [0.3, 0.4) is 0 Å². The minimum atomic E-state index is 0.0612. The molecule has 2 aromatic carbocycles. The van der Waals surface area contributed by atoms with Crippen molar-refractivity contribution >= 4 is 0 Å². The molecule has 0 saturated heterocycles. The summed E-state index contributed by atoms with van der Waals surface area (Å²) in [7, 11) is 1.67. The van der Waals surface area contributed by atoms with Crippen molar-refractivity contribution < 1.29 is 9.84 Å². The lowest BCUT2D eigenvalue weighted by atomic mass is 9.91. The van der Waals surface area contributed by atoms with E-state index in [1.165, 1.54) is 11.1 Å². The highest BCUT2D eigenvalue weighted by Gasteiger charge is 2.15. The van der Waals surface area contributed by atoms with Crippen molar-refractivity contribution in [1.29, 1.82) is 0 Å². The molecule has 0 amide bonds. The van der Waals surface area contributed by atoms with Crippen molar-refractivity contribution in [2.75, 3.05) is 13.7 Å². The summed E-state index contributed by atoms with van der Waals surface area (Å²) in [6, 6.07) is 16.6. The molecule has 0 fully saturated rings. The number of rotatable bonds is 6. The molecule has 0 aliphatic heterocycles. The van der Waals surface area contributed by atoms with Crippen LogP contribution in [0.2, 0.25) is 0 Å². The quantitative estimate of drug-likeness (QED) is 0.864. The van der Waals surface area contributed by atoms with E-state index in [9.17, 15) is 5.11 Å². The first-order chi connectivity index (χ1) is 10.2. The summed E-state index contributed by atoms with van der Waals surface area (Å²) in [5, 5.41) is 9.75. The lowest BCUT2D eigenvalue weighted by Crippen LogP contribution is -2.09. The number of benzene rings is 2. The molecule has 0 spiro atoms. The molecule has 112 valence electrons. The van der Waals surface area contributed by atoms with Crippen LogP contribution < -0.4 is 4.74 Å². The van der Waals surface area contributed by atoms with Gasteiger partial charge in [-0.05, 0) is 35.1 Å². The molecular weight excluding hydrogens is 260 g/mol. The van der Waals surface area contributed by atoms with Crippen LogP contribution in [-0.4, -0.2) is 18.8 Å². The molecule has 2 heteroatoms. The first-order valence-electron chi connectivity index (χ1n) is 7.48. The average Bonchev–Trinajstić information content (AvgIpc) is 2.53. The molecule has 2 aromatic rings. The topological polar surface area (TPSA) is 29.5 Å². The fourth-order valence-electron chi connectivity index (χ4n) is 2.60. The highest BCUT2D eigenvalue weighted by molar-refractivity contribution is 5.37. The zero-order valence-electron chi connectivity index (χ0n) is 13.0. The molecule has 21 heavy (non-hydrogen) atoms. The van der Waals surface area contributed by atoms with Crippen LogP contribution in [0.5, 0.6) is 5.75 Å². The van der Waals surface area contributed by atoms with Crippen molar-refractivity contribution in [3.8, 4) is 5.75 Å². The van der Waals surface area contributed by atoms with Gasteiger partial charge in [0.25, 0.3) is 0 Å². The molecule has 1 unspecified atom stereocenters. The molecule has 0 aromatic heterocycles. The number of aliphatic hydroxyl groups is 1. The lowest BCUT2D eigenvalue weighted by molar-refractivity contribution is 0.261. The number of aliphatic hydroxyl groups excluding tert-OH is 1. The van der Waals surface area contributed by atoms with Gasteiger partial charge in [-0.25, -0.2) is 0 Å². The van der Waals surface area contributed by atoms with Crippen LogP contribution in [0.15, 0.2) is 48.5 Å². The third kappa shape index (κ3) is 3.85. The van der Waals surface area contributed by atoms with Gasteiger partial charge in [-0.15, -0.1) is 0 Å². The number of hydrogen-bond donors (Lipinski definition) is 1. The second-order valence-corrected chi connectivity index (χ2v) is 5.72. The van der Waals surface area contributed by atoms with E-state index in [0.717, 1.165) is 17.7 Å². The van der Waals surface area contributed by atoms with Gasteiger partial charge in [0.1, 0.15) is 5.75 Å². The summed E-state index contributed by atoms with van der Waals surface area (Å²) < 4.78 is 5.41. The monoisotopic (exact) mass is 284 g/mol. The van der Waals surface area contributed by atoms with Gasteiger partial charge in [-0.2, -0.15) is 0 Å². The minimum absolute atomic E-state index is 0.0612. The van der Waals surface area contributed by atoms with Crippen molar-refractivity contribution in [1.82, 2.24) is 0 Å². The normalized spacial score (nSPS) is 12.4. The highest BCUT2D eigenvalue weighted by atomic mass is 16.5. The standard InChI is InChI=1S/C19H24O2/c1-14(2)16-10-8-15(9-11-16)12-17(13-20)18-6-4-5-7-19(18)21-3/h4-11,14,17,20H,12-13H2,1-3H3. The summed E-state index contributed by atoms with van der Waals surface area (Å²) in [6.45, 7) is 4.51. The van der Waals surface area contributed by atoms with Crippen molar-refractivity contribution in [2.45, 2.75) is 32.1 Å². The maximum atomic E-state index is 9.75. The largest absolute Gasteiger partial charge is 0.496 e. The Hall–Kier alpha value is -1.80. The highest BCUT2D eigenvalue weighted by Crippen LogP contribution is 2.29. The summed E-state index contributed by atoms with van der Waals surface area (Å²) in [5.41, 5.74) is 3.65. The molecule has 0 saturated carbocycles. The van der Waals surface area contributed by atoms with E-state index in [0.29, 0.717) is 5.92 Å². The number of ether oxygens (including phenoxy) is 1. The van der Waals surface area contributed by atoms with Crippen molar-refractivity contribution in [3.05, 3.63) is 65.2 Å². The fraction of sp³-hybridized carbons (Fsp3) is 0.368. The molecule has 0 aliphatic rings. The van der Waals surface area contributed by atoms with Crippen LogP contribution in [0.4, 0.5) is 0 Å². The van der Waals surface area contributed by atoms with Gasteiger partial charge in [0.05, 0.1) is 13.7 Å². The molecular formula is C19H24O2. The molecule has 1 atom stereocenters. The first-order valence-corrected chi connectivity index (χ1v) is 7.48. The summed E-state index contributed by atoms with van der Waals surface area (Å²) in [5.74, 6) is 1.45. The van der Waals surface area contributed by atoms with Crippen molar-refractivity contribution in [3.63, 3.8) is 0 Å². The second-order valence-electron chi connectivity index (χ2n) is 5.72. The van der Waals surface area contributed by atoms with Crippen LogP contribution in [0, 0.1) is 0 Å². The number of hydrogen-bond acceptors (Lipinski definition) is 2. The molecule has 0 radical (unpaired) electrons. The second kappa shape index (κ2) is 7.28. The van der Waals surface area contributed by atoms with Crippen LogP contribution in [-0.2, 0) is 6.42 Å². The van der Waals surface area contributed by atoms with E-state index < -0.39 is 0 Å². The minimum Gasteiger partial charge on any atom is -0.496 e. The Morgan fingerprint density at radius 3 is 2.24 bits per heavy atom. The van der Waals surface area contributed by atoms with Gasteiger partial charge in [0.15, 0.2) is 0 Å². The number of para-hydroxylation sites is 1. The van der Waals surface area contributed by atoms with Crippen LogP contribution in [0.1, 0.15) is 42.4 Å². The van der Waals surface area contributed by atoms with E-state index in [-0.39, 0.29) is 12.5 Å². The third-order valence-corrected chi connectivity index (χ3v) is 3.93. The van der Waals surface area contributed by atoms with Gasteiger partial charge in [-0.1, -0.05) is 56.3 Å². The average molecular weight is 284 g/mol. The summed E-state index contributed by atoms with van der Waals surface area (Å²) in [6.07, 6.45) is 0.815.